The van der Waals surface area contributed by atoms with Gasteiger partial charge < -0.3 is 19.6 Å². The van der Waals surface area contributed by atoms with Gasteiger partial charge in [-0.25, -0.2) is 4.79 Å². The Balaban J connectivity index is 1.99. The Kier molecular flexibility index (Phi) is 4.19. The minimum Gasteiger partial charge on any atom is -0.497 e. The number of hydrogen-bond acceptors (Lipinski definition) is 5. The fourth-order valence-electron chi connectivity index (χ4n) is 2.80. The molecule has 3 rings (SSSR count). The van der Waals surface area contributed by atoms with Crippen molar-refractivity contribution in [3.05, 3.63) is 39.6 Å². The van der Waals surface area contributed by atoms with E-state index >= 15 is 0 Å². The molecule has 0 spiro atoms. The SMILES string of the molecule is COc1ccc2c(c1)N(C)CCN2C(=O)c1cc(C)c(C(=O)O)s1. The zero-order chi connectivity index (χ0) is 17.4. The zero-order valence-electron chi connectivity index (χ0n) is 13.7. The monoisotopic (exact) mass is 346 g/mol. The van der Waals surface area contributed by atoms with Gasteiger partial charge in [0.05, 0.1) is 23.4 Å². The molecule has 0 atom stereocenters. The summed E-state index contributed by atoms with van der Waals surface area (Å²) in [6.07, 6.45) is 0. The van der Waals surface area contributed by atoms with Gasteiger partial charge in [-0.05, 0) is 30.7 Å². The van der Waals surface area contributed by atoms with Crippen LogP contribution in [0.2, 0.25) is 0 Å². The molecular weight excluding hydrogens is 328 g/mol. The minimum absolute atomic E-state index is 0.171. The number of thiophene rings is 1. The Bertz CT molecular complexity index is 815. The molecule has 24 heavy (non-hydrogen) atoms. The summed E-state index contributed by atoms with van der Waals surface area (Å²) in [6, 6.07) is 7.23. The third-order valence-corrected chi connectivity index (χ3v) is 5.32. The number of ether oxygens (including phenoxy) is 1. The summed E-state index contributed by atoms with van der Waals surface area (Å²) in [5.41, 5.74) is 2.33. The number of aromatic carboxylic acids is 1. The number of rotatable bonds is 3. The maximum absolute atomic E-state index is 12.9. The molecule has 2 aromatic rings. The van der Waals surface area contributed by atoms with Crippen LogP contribution in [-0.4, -0.2) is 44.2 Å². The lowest BCUT2D eigenvalue weighted by atomic mass is 10.1. The van der Waals surface area contributed by atoms with Gasteiger partial charge in [0.15, 0.2) is 0 Å². The molecule has 1 N–H and O–H groups in total. The molecular formula is C17H18N2O4S. The van der Waals surface area contributed by atoms with Crippen LogP contribution < -0.4 is 14.5 Å². The normalized spacial score (nSPS) is 13.6. The minimum atomic E-state index is -1.000. The van der Waals surface area contributed by atoms with Crippen molar-refractivity contribution in [1.29, 1.82) is 0 Å². The van der Waals surface area contributed by atoms with E-state index in [4.69, 9.17) is 4.74 Å². The second kappa shape index (κ2) is 6.16. The summed E-state index contributed by atoms with van der Waals surface area (Å²) in [6.45, 7) is 2.95. The van der Waals surface area contributed by atoms with Gasteiger partial charge in [-0.15, -0.1) is 11.3 Å². The van der Waals surface area contributed by atoms with Gasteiger partial charge in [0.1, 0.15) is 10.6 Å². The number of amides is 1. The van der Waals surface area contributed by atoms with Crippen LogP contribution in [0, 0.1) is 6.92 Å². The number of benzene rings is 1. The molecule has 1 aromatic carbocycles. The molecule has 0 aliphatic carbocycles. The van der Waals surface area contributed by atoms with Crippen LogP contribution in [0.25, 0.3) is 0 Å². The first-order valence-electron chi connectivity index (χ1n) is 7.47. The molecule has 0 fully saturated rings. The maximum Gasteiger partial charge on any atom is 0.346 e. The molecule has 6 nitrogen and oxygen atoms in total. The number of likely N-dealkylation sites (N-methyl/N-ethyl adjacent to an activating group) is 1. The van der Waals surface area contributed by atoms with Crippen LogP contribution in [0.1, 0.15) is 24.9 Å². The summed E-state index contributed by atoms with van der Waals surface area (Å²) in [4.78, 5) is 28.5. The van der Waals surface area contributed by atoms with Gasteiger partial charge in [0.2, 0.25) is 0 Å². The molecule has 0 radical (unpaired) electrons. The molecule has 0 saturated carbocycles. The van der Waals surface area contributed by atoms with E-state index in [-0.39, 0.29) is 10.8 Å². The first-order chi connectivity index (χ1) is 11.4. The van der Waals surface area contributed by atoms with Gasteiger partial charge >= 0.3 is 5.97 Å². The molecule has 0 saturated heterocycles. The van der Waals surface area contributed by atoms with Crippen molar-refractivity contribution in [3.63, 3.8) is 0 Å². The standard InChI is InChI=1S/C17H18N2O4S/c1-10-8-14(24-15(10)17(21)22)16(20)19-7-6-18(2)13-9-11(23-3)4-5-12(13)19/h4-5,8-9H,6-7H2,1-3H3,(H,21,22). The molecule has 0 unspecified atom stereocenters. The van der Waals surface area contributed by atoms with E-state index < -0.39 is 5.97 Å². The number of carbonyl (C=O) groups is 2. The number of carboxylic acids is 1. The smallest absolute Gasteiger partial charge is 0.346 e. The average molecular weight is 346 g/mol. The molecule has 1 aliphatic heterocycles. The van der Waals surface area contributed by atoms with E-state index in [2.05, 4.69) is 4.90 Å². The van der Waals surface area contributed by atoms with Crippen LogP contribution in [0.3, 0.4) is 0 Å². The van der Waals surface area contributed by atoms with Crippen molar-refractivity contribution in [2.24, 2.45) is 0 Å². The maximum atomic E-state index is 12.9. The predicted molar refractivity (Wildman–Crippen MR) is 94.0 cm³/mol. The fraction of sp³-hybridized carbons (Fsp3) is 0.294. The lowest BCUT2D eigenvalue weighted by Crippen LogP contribution is -2.42. The van der Waals surface area contributed by atoms with E-state index in [9.17, 15) is 14.7 Å². The van der Waals surface area contributed by atoms with Crippen molar-refractivity contribution >= 4 is 34.6 Å². The summed E-state index contributed by atoms with van der Waals surface area (Å²) >= 11 is 1.02. The van der Waals surface area contributed by atoms with Gasteiger partial charge in [-0.2, -0.15) is 0 Å². The number of nitrogens with zero attached hydrogens (tertiary/aromatic N) is 2. The lowest BCUT2D eigenvalue weighted by Gasteiger charge is -2.35. The van der Waals surface area contributed by atoms with Crippen molar-refractivity contribution in [2.75, 3.05) is 37.0 Å². The van der Waals surface area contributed by atoms with Gasteiger partial charge in [-0.1, -0.05) is 0 Å². The van der Waals surface area contributed by atoms with Gasteiger partial charge in [0.25, 0.3) is 5.91 Å². The van der Waals surface area contributed by atoms with Crippen molar-refractivity contribution in [1.82, 2.24) is 0 Å². The number of fused-ring (bicyclic) bond motifs is 1. The number of aryl methyl sites for hydroxylation is 1. The number of carbonyl (C=O) groups excluding carboxylic acids is 1. The van der Waals surface area contributed by atoms with Crippen LogP contribution >= 0.6 is 11.3 Å². The van der Waals surface area contributed by atoms with Gasteiger partial charge in [-0.3, -0.25) is 4.79 Å². The van der Waals surface area contributed by atoms with Crippen LogP contribution in [0.5, 0.6) is 5.75 Å². The summed E-state index contributed by atoms with van der Waals surface area (Å²) in [7, 11) is 3.58. The molecule has 2 heterocycles. The second-order valence-corrected chi connectivity index (χ2v) is 6.71. The lowest BCUT2D eigenvalue weighted by molar-refractivity contribution is 0.0701. The van der Waals surface area contributed by atoms with Crippen LogP contribution in [0.4, 0.5) is 11.4 Å². The Morgan fingerprint density at radius 3 is 2.58 bits per heavy atom. The predicted octanol–water partition coefficient (Wildman–Crippen LogP) is 2.86. The first kappa shape index (κ1) is 16.3. The van der Waals surface area contributed by atoms with Crippen molar-refractivity contribution < 1.29 is 19.4 Å². The molecule has 1 aliphatic rings. The topological polar surface area (TPSA) is 70.1 Å². The molecule has 7 heteroatoms. The van der Waals surface area contributed by atoms with Crippen LogP contribution in [0.15, 0.2) is 24.3 Å². The third kappa shape index (κ3) is 2.71. The van der Waals surface area contributed by atoms with Crippen molar-refractivity contribution in [3.8, 4) is 5.75 Å². The zero-order valence-corrected chi connectivity index (χ0v) is 14.5. The highest BCUT2D eigenvalue weighted by atomic mass is 32.1. The Hall–Kier alpha value is -2.54. The highest BCUT2D eigenvalue weighted by molar-refractivity contribution is 7.16. The van der Waals surface area contributed by atoms with Crippen LogP contribution in [-0.2, 0) is 0 Å². The average Bonchev–Trinajstić information content (AvgIpc) is 2.96. The molecule has 0 bridgehead atoms. The molecule has 126 valence electrons. The summed E-state index contributed by atoms with van der Waals surface area (Å²) in [5, 5.41) is 9.19. The quantitative estimate of drug-likeness (QED) is 0.925. The van der Waals surface area contributed by atoms with E-state index in [0.29, 0.717) is 23.5 Å². The highest BCUT2D eigenvalue weighted by Gasteiger charge is 2.28. The Morgan fingerprint density at radius 1 is 1.21 bits per heavy atom. The van der Waals surface area contributed by atoms with E-state index in [0.717, 1.165) is 28.5 Å². The molecule has 1 aromatic heterocycles. The van der Waals surface area contributed by atoms with Crippen molar-refractivity contribution in [2.45, 2.75) is 6.92 Å². The van der Waals surface area contributed by atoms with Gasteiger partial charge in [0, 0.05) is 26.2 Å². The second-order valence-electron chi connectivity index (χ2n) is 5.66. The summed E-state index contributed by atoms with van der Waals surface area (Å²) < 4.78 is 5.26. The largest absolute Gasteiger partial charge is 0.497 e. The molecule has 1 amide bonds. The Morgan fingerprint density at radius 2 is 1.96 bits per heavy atom. The van der Waals surface area contributed by atoms with E-state index in [1.165, 1.54) is 0 Å². The number of carboxylic acid groups (broad SMARTS) is 1. The Labute approximate surface area is 143 Å². The summed E-state index contributed by atoms with van der Waals surface area (Å²) in [5.74, 6) is -0.440. The number of hydrogen-bond donors (Lipinski definition) is 1. The third-order valence-electron chi connectivity index (χ3n) is 4.11. The van der Waals surface area contributed by atoms with E-state index in [1.54, 1.807) is 25.0 Å². The number of anilines is 2. The number of methoxy groups -OCH3 is 1. The highest BCUT2D eigenvalue weighted by Crippen LogP contribution is 2.37. The first-order valence-corrected chi connectivity index (χ1v) is 8.28. The fourth-order valence-corrected chi connectivity index (χ4v) is 3.76. The van der Waals surface area contributed by atoms with E-state index in [1.807, 2.05) is 25.2 Å².